The zero-order valence-corrected chi connectivity index (χ0v) is 14.0. The largest absolute Gasteiger partial charge is 0.423 e. The van der Waals surface area contributed by atoms with Crippen molar-refractivity contribution in [3.8, 4) is 11.5 Å². The highest BCUT2D eigenvalue weighted by Gasteiger charge is 2.26. The molecular weight excluding hydrogens is 312 g/mol. The van der Waals surface area contributed by atoms with Gasteiger partial charge in [-0.05, 0) is 39.8 Å². The molecule has 6 nitrogen and oxygen atoms in total. The number of ether oxygens (including phenoxy) is 2. The predicted molar refractivity (Wildman–Crippen MR) is 88.0 cm³/mol. The van der Waals surface area contributed by atoms with Gasteiger partial charge in [-0.15, -0.1) is 0 Å². The molecule has 1 heterocycles. The van der Waals surface area contributed by atoms with E-state index < -0.39 is 23.0 Å². The third-order valence-corrected chi connectivity index (χ3v) is 3.05. The summed E-state index contributed by atoms with van der Waals surface area (Å²) in [4.78, 5) is 35.3. The fraction of sp³-hybridized carbons (Fsp3) is 0.278. The molecule has 0 atom stereocenters. The van der Waals surface area contributed by atoms with Crippen LogP contribution in [0.15, 0.2) is 45.6 Å². The molecular formula is C18H18O6. The number of benzene rings is 1. The summed E-state index contributed by atoms with van der Waals surface area (Å²) in [5, 5.41) is 0.523. The first kappa shape index (κ1) is 17.5. The second-order valence-corrected chi connectivity index (χ2v) is 6.40. The first-order valence-corrected chi connectivity index (χ1v) is 7.26. The Kier molecular flexibility index (Phi) is 4.59. The molecule has 2 aromatic rings. The molecule has 24 heavy (non-hydrogen) atoms. The number of carbonyl (C=O) groups excluding carboxylic acids is 2. The predicted octanol–water partition coefficient (Wildman–Crippen LogP) is 3.23. The molecule has 0 fully saturated rings. The maximum Gasteiger partial charge on any atom is 0.338 e. The highest BCUT2D eigenvalue weighted by atomic mass is 16.6. The summed E-state index contributed by atoms with van der Waals surface area (Å²) >= 11 is 0. The summed E-state index contributed by atoms with van der Waals surface area (Å²) in [6.45, 7) is 10.1. The third kappa shape index (κ3) is 3.90. The van der Waals surface area contributed by atoms with E-state index in [1.165, 1.54) is 31.2 Å². The maximum absolute atomic E-state index is 12.1. The topological polar surface area (TPSA) is 82.8 Å². The second-order valence-electron chi connectivity index (χ2n) is 6.40. The monoisotopic (exact) mass is 330 g/mol. The van der Waals surface area contributed by atoms with Gasteiger partial charge in [0.2, 0.25) is 0 Å². The lowest BCUT2D eigenvalue weighted by Crippen LogP contribution is -2.26. The van der Waals surface area contributed by atoms with Crippen molar-refractivity contribution in [2.45, 2.75) is 27.7 Å². The van der Waals surface area contributed by atoms with Crippen molar-refractivity contribution in [2.24, 2.45) is 5.41 Å². The third-order valence-electron chi connectivity index (χ3n) is 3.05. The molecule has 6 heteroatoms. The number of hydrogen-bond donors (Lipinski definition) is 0. The van der Waals surface area contributed by atoms with Crippen LogP contribution in [-0.4, -0.2) is 11.9 Å². The maximum atomic E-state index is 12.1. The zero-order chi connectivity index (χ0) is 18.1. The molecule has 0 aliphatic carbocycles. The Morgan fingerprint density at radius 3 is 2.29 bits per heavy atom. The van der Waals surface area contributed by atoms with Crippen molar-refractivity contribution in [1.29, 1.82) is 0 Å². The highest BCUT2D eigenvalue weighted by Crippen LogP contribution is 2.34. The molecule has 0 amide bonds. The van der Waals surface area contributed by atoms with Crippen molar-refractivity contribution >= 4 is 22.9 Å². The second kappa shape index (κ2) is 6.31. The van der Waals surface area contributed by atoms with Gasteiger partial charge in [0, 0.05) is 23.1 Å². The van der Waals surface area contributed by atoms with Crippen LogP contribution in [0.25, 0.3) is 11.0 Å². The molecule has 0 saturated carbocycles. The summed E-state index contributed by atoms with van der Waals surface area (Å²) in [5.41, 5.74) is -0.887. The van der Waals surface area contributed by atoms with Gasteiger partial charge < -0.3 is 13.9 Å². The van der Waals surface area contributed by atoms with Gasteiger partial charge in [0.15, 0.2) is 11.5 Å². The molecule has 0 radical (unpaired) electrons. The standard InChI is InChI=1S/C18H18O6/c1-10(2)16(20)23-13-8-11-6-7-15(19)22-12(11)9-14(13)24-17(21)18(3,4)5/h6-9H,1H2,2-5H3. The lowest BCUT2D eigenvalue weighted by molar-refractivity contribution is -0.143. The van der Waals surface area contributed by atoms with Gasteiger partial charge in [-0.3, -0.25) is 4.79 Å². The average Bonchev–Trinajstić information content (AvgIpc) is 2.46. The van der Waals surface area contributed by atoms with Crippen molar-refractivity contribution in [3.05, 3.63) is 46.8 Å². The zero-order valence-electron chi connectivity index (χ0n) is 14.0. The van der Waals surface area contributed by atoms with Crippen molar-refractivity contribution in [2.75, 3.05) is 0 Å². The number of fused-ring (bicyclic) bond motifs is 1. The average molecular weight is 330 g/mol. The van der Waals surface area contributed by atoms with Gasteiger partial charge in [-0.25, -0.2) is 9.59 Å². The number of rotatable bonds is 3. The fourth-order valence-electron chi connectivity index (χ4n) is 1.68. The van der Waals surface area contributed by atoms with Gasteiger partial charge >= 0.3 is 17.6 Å². The molecule has 2 rings (SSSR count). The molecule has 0 unspecified atom stereocenters. The Balaban J connectivity index is 2.54. The first-order chi connectivity index (χ1) is 11.1. The van der Waals surface area contributed by atoms with E-state index in [0.717, 1.165) is 0 Å². The van der Waals surface area contributed by atoms with E-state index in [1.807, 2.05) is 0 Å². The van der Waals surface area contributed by atoms with E-state index in [9.17, 15) is 14.4 Å². The van der Waals surface area contributed by atoms with E-state index in [1.54, 1.807) is 20.8 Å². The van der Waals surface area contributed by atoms with Crippen molar-refractivity contribution in [1.82, 2.24) is 0 Å². The van der Waals surface area contributed by atoms with Crippen LogP contribution in [-0.2, 0) is 9.59 Å². The van der Waals surface area contributed by atoms with Crippen LogP contribution < -0.4 is 15.1 Å². The van der Waals surface area contributed by atoms with E-state index >= 15 is 0 Å². The van der Waals surface area contributed by atoms with Gasteiger partial charge in [0.05, 0.1) is 5.41 Å². The smallest absolute Gasteiger partial charge is 0.338 e. The van der Waals surface area contributed by atoms with Gasteiger partial charge in [-0.2, -0.15) is 0 Å². The fourth-order valence-corrected chi connectivity index (χ4v) is 1.68. The van der Waals surface area contributed by atoms with Crippen molar-refractivity contribution < 1.29 is 23.5 Å². The summed E-state index contributed by atoms with van der Waals surface area (Å²) in [5.74, 6) is -1.14. The molecule has 0 aliphatic rings. The quantitative estimate of drug-likeness (QED) is 0.372. The Hall–Kier alpha value is -2.89. The number of hydrogen-bond acceptors (Lipinski definition) is 6. The van der Waals surface area contributed by atoms with Crippen LogP contribution in [0.3, 0.4) is 0 Å². The first-order valence-electron chi connectivity index (χ1n) is 7.26. The molecule has 126 valence electrons. The Bertz CT molecular complexity index is 882. The van der Waals surface area contributed by atoms with E-state index in [-0.39, 0.29) is 22.7 Å². The SMILES string of the molecule is C=C(C)C(=O)Oc1cc2ccc(=O)oc2cc1OC(=O)C(C)(C)C. The lowest BCUT2D eigenvalue weighted by atomic mass is 9.97. The summed E-state index contributed by atoms with van der Waals surface area (Å²) < 4.78 is 15.6. The summed E-state index contributed by atoms with van der Waals surface area (Å²) in [6, 6.07) is 5.58. The number of carbonyl (C=O) groups is 2. The highest BCUT2D eigenvalue weighted by molar-refractivity contribution is 5.91. The van der Waals surface area contributed by atoms with Crippen molar-refractivity contribution in [3.63, 3.8) is 0 Å². The van der Waals surface area contributed by atoms with Crippen LogP contribution in [0.2, 0.25) is 0 Å². The minimum Gasteiger partial charge on any atom is -0.423 e. The molecule has 1 aromatic heterocycles. The van der Waals surface area contributed by atoms with E-state index in [4.69, 9.17) is 13.9 Å². The molecule has 1 aromatic carbocycles. The van der Waals surface area contributed by atoms with Crippen LogP contribution in [0, 0.1) is 5.41 Å². The number of esters is 2. The van der Waals surface area contributed by atoms with Crippen LogP contribution in [0.1, 0.15) is 27.7 Å². The van der Waals surface area contributed by atoms with Crippen LogP contribution in [0.5, 0.6) is 11.5 Å². The lowest BCUT2D eigenvalue weighted by Gasteiger charge is -2.18. The molecule has 0 aliphatic heterocycles. The van der Waals surface area contributed by atoms with Gasteiger partial charge in [0.25, 0.3) is 0 Å². The minimum atomic E-state index is -0.762. The molecule has 0 saturated heterocycles. The molecule has 0 N–H and O–H groups in total. The molecule has 0 spiro atoms. The minimum absolute atomic E-state index is 0.00799. The normalized spacial score (nSPS) is 11.2. The van der Waals surface area contributed by atoms with E-state index in [0.29, 0.717) is 5.39 Å². The Labute approximate surface area is 138 Å². The Morgan fingerprint density at radius 2 is 1.71 bits per heavy atom. The van der Waals surface area contributed by atoms with E-state index in [2.05, 4.69) is 6.58 Å². The van der Waals surface area contributed by atoms with Gasteiger partial charge in [-0.1, -0.05) is 6.58 Å². The van der Waals surface area contributed by atoms with Crippen LogP contribution >= 0.6 is 0 Å². The molecule has 0 bridgehead atoms. The summed E-state index contributed by atoms with van der Waals surface area (Å²) in [6.07, 6.45) is 0. The van der Waals surface area contributed by atoms with Gasteiger partial charge in [0.1, 0.15) is 5.58 Å². The van der Waals surface area contributed by atoms with Crippen LogP contribution in [0.4, 0.5) is 0 Å². The Morgan fingerprint density at radius 1 is 1.08 bits per heavy atom. The summed E-state index contributed by atoms with van der Waals surface area (Å²) in [7, 11) is 0.